The van der Waals surface area contributed by atoms with E-state index in [1.807, 2.05) is 13.8 Å². The van der Waals surface area contributed by atoms with Gasteiger partial charge < -0.3 is 49.3 Å². The highest BCUT2D eigenvalue weighted by Crippen LogP contribution is 2.39. The summed E-state index contributed by atoms with van der Waals surface area (Å²) >= 11 is 0. The van der Waals surface area contributed by atoms with Gasteiger partial charge in [0, 0.05) is 27.8 Å². The number of ether oxygens (including phenoxy) is 2. The van der Waals surface area contributed by atoms with Crippen LogP contribution >= 0.6 is 8.25 Å². The molecular formula is C66H78F2N6O17P+. The second-order valence-electron chi connectivity index (χ2n) is 21.1. The average Bonchev–Trinajstić information content (AvgIpc) is 1.54. The molecule has 4 aromatic carbocycles. The fourth-order valence-corrected chi connectivity index (χ4v) is 10.8. The maximum atomic E-state index is 14.7. The van der Waals surface area contributed by atoms with Gasteiger partial charge in [0.1, 0.15) is 45.8 Å². The van der Waals surface area contributed by atoms with Crippen molar-refractivity contribution in [2.75, 3.05) is 26.6 Å². The van der Waals surface area contributed by atoms with Crippen molar-refractivity contribution in [3.8, 4) is 45.6 Å². The van der Waals surface area contributed by atoms with Gasteiger partial charge in [-0.15, -0.1) is 0 Å². The van der Waals surface area contributed by atoms with Crippen LogP contribution in [0.5, 0.6) is 23.0 Å². The molecule has 0 spiro atoms. The summed E-state index contributed by atoms with van der Waals surface area (Å²) in [7, 11) is -2.98. The molecule has 0 fully saturated rings. The fraction of sp³-hybridized carbons (Fsp3) is 0.394. The van der Waals surface area contributed by atoms with E-state index in [0.717, 1.165) is 47.9 Å². The number of benzene rings is 4. The van der Waals surface area contributed by atoms with Gasteiger partial charge in [0.15, 0.2) is 23.0 Å². The second kappa shape index (κ2) is 35.7. The molecule has 92 heavy (non-hydrogen) atoms. The molecule has 6 aromatic rings. The molecule has 23 nitrogen and oxygen atoms in total. The van der Waals surface area contributed by atoms with Gasteiger partial charge in [-0.05, 0) is 125 Å². The Morgan fingerprint density at radius 1 is 0.533 bits per heavy atom. The molecule has 0 aliphatic heterocycles. The predicted octanol–water partition coefficient (Wildman–Crippen LogP) is 12.0. The monoisotopic (exact) mass is 1300 g/mol. The van der Waals surface area contributed by atoms with E-state index >= 15 is 0 Å². The molecule has 26 heteroatoms. The predicted molar refractivity (Wildman–Crippen MR) is 333 cm³/mol. The van der Waals surface area contributed by atoms with Crippen molar-refractivity contribution in [2.24, 2.45) is 11.8 Å². The number of amides is 6. The summed E-state index contributed by atoms with van der Waals surface area (Å²) in [6, 6.07) is 21.2. The minimum atomic E-state index is -2.98. The first-order chi connectivity index (χ1) is 44.3. The third kappa shape index (κ3) is 19.7. The van der Waals surface area contributed by atoms with Gasteiger partial charge in [0.25, 0.3) is 11.8 Å². The highest BCUT2D eigenvalue weighted by atomic mass is 31.1. The molecule has 0 bridgehead atoms. The highest BCUT2D eigenvalue weighted by molar-refractivity contribution is 7.34. The number of hydroxylamine groups is 4. The van der Waals surface area contributed by atoms with Gasteiger partial charge in [0.05, 0.1) is 50.5 Å². The van der Waals surface area contributed by atoms with E-state index in [1.165, 1.54) is 86.6 Å². The largest absolute Gasteiger partial charge is 0.805 e. The van der Waals surface area contributed by atoms with Crippen molar-refractivity contribution in [1.82, 2.24) is 31.4 Å². The summed E-state index contributed by atoms with van der Waals surface area (Å²) in [6.07, 6.45) is 5.92. The van der Waals surface area contributed by atoms with Crippen molar-refractivity contribution in [3.05, 3.63) is 142 Å². The smallest absolute Gasteiger partial charge is 0.494 e. The molecule has 4 atom stereocenters. The highest BCUT2D eigenvalue weighted by Gasteiger charge is 2.37. The summed E-state index contributed by atoms with van der Waals surface area (Å²) in [5, 5.41) is 12.0. The first-order valence-corrected chi connectivity index (χ1v) is 31.5. The van der Waals surface area contributed by atoms with Crippen molar-refractivity contribution in [3.63, 3.8) is 0 Å². The molecule has 6 amide bonds. The van der Waals surface area contributed by atoms with Crippen LogP contribution in [0.4, 0.5) is 8.78 Å². The summed E-state index contributed by atoms with van der Waals surface area (Å²) < 4.78 is 78.0. The first kappa shape index (κ1) is 71.4. The Hall–Kier alpha value is -9.64. The lowest BCUT2D eigenvalue weighted by Gasteiger charge is -2.32. The number of nitrogens with one attached hydrogen (secondary N) is 4. The van der Waals surface area contributed by atoms with Crippen LogP contribution in [0.25, 0.3) is 22.6 Å². The topological polar surface area (TPSA) is 290 Å². The van der Waals surface area contributed by atoms with E-state index < -0.39 is 79.4 Å². The van der Waals surface area contributed by atoms with E-state index in [4.69, 9.17) is 37.0 Å². The standard InChI is InChI=1S/C66H77F2N6O17P/c1-9-15-17-23-49(53(11-3)73(39-75)88-65(81)59-41(7)21-19-25-51(59)67)61(77)69-37-71-63(79)57-29-27-55(86-57)43-31-45(84-13-5)35-47(33-43)90-92(83)91-48-34-44(32-46(36-48)85-14-6)56-28-30-58(87-56)64(80)72-38-70-62(78)50(24-18-16-10-2)54(12-4)74(40-76)89-66(82)60-42(8)22-20-26-52(60)68/h19-22,25-36,39-40,49-50,53-54H,9-18,23-24,37-38H2,1-8H3,(H3-,69,70,71,72,77,78,79,80)/p+1/t49-,50-,53-,54-/m1/s1. The molecule has 0 radical (unpaired) electrons. The Kier molecular flexibility index (Phi) is 27.7. The Morgan fingerprint density at radius 3 is 1.27 bits per heavy atom. The molecule has 0 unspecified atom stereocenters. The molecule has 0 saturated carbocycles. The normalized spacial score (nSPS) is 12.2. The molecule has 492 valence electrons. The Labute approximate surface area is 533 Å². The van der Waals surface area contributed by atoms with Crippen LogP contribution < -0.4 is 39.8 Å². The summed E-state index contributed by atoms with van der Waals surface area (Å²) in [6.45, 7) is 13.7. The van der Waals surface area contributed by atoms with Gasteiger partial charge in [-0.2, -0.15) is 10.1 Å². The minimum Gasteiger partial charge on any atom is -0.494 e. The van der Waals surface area contributed by atoms with Crippen LogP contribution in [-0.2, 0) is 33.4 Å². The zero-order valence-corrected chi connectivity index (χ0v) is 53.5. The SMILES string of the molecule is CCCCC[C@@H](C(=O)NCNC(=O)c1ccc(-c2cc(OCC)cc(O[P+](=O)Oc3cc(OCC)cc(-c4ccc(C(=O)NCNC(=O)[C@H](CCCCC)[C@@H](CC)N(C=O)OC(=O)c5c(C)cccc5F)o4)c3)c2)o1)[C@@H](CC)N(C=O)OC(=O)c1c(C)cccc1F. The molecule has 0 saturated heterocycles. The maximum absolute atomic E-state index is 14.7. The average molecular weight is 1300 g/mol. The Morgan fingerprint density at radius 2 is 0.924 bits per heavy atom. The number of aryl methyl sites for hydroxylation is 2. The van der Waals surface area contributed by atoms with Crippen molar-refractivity contribution in [2.45, 2.75) is 132 Å². The number of carbonyl (C=O) groups is 8. The lowest BCUT2D eigenvalue weighted by atomic mass is 9.90. The third-order valence-electron chi connectivity index (χ3n) is 14.8. The lowest BCUT2D eigenvalue weighted by Crippen LogP contribution is -2.49. The van der Waals surface area contributed by atoms with Crippen LogP contribution in [0.3, 0.4) is 0 Å². The van der Waals surface area contributed by atoms with Gasteiger partial charge in [-0.1, -0.05) is 90.5 Å². The molecule has 2 aromatic heterocycles. The van der Waals surface area contributed by atoms with E-state index in [1.54, 1.807) is 39.8 Å². The molecular weight excluding hydrogens is 1220 g/mol. The molecule has 6 rings (SSSR count). The zero-order chi connectivity index (χ0) is 66.9. The van der Waals surface area contributed by atoms with E-state index in [9.17, 15) is 51.7 Å². The number of nitrogens with zero attached hydrogens (tertiary/aromatic N) is 2. The minimum absolute atomic E-state index is 0.0257. The summed E-state index contributed by atoms with van der Waals surface area (Å²) in [4.78, 5) is 116. The molecule has 4 N–H and O–H groups in total. The van der Waals surface area contributed by atoms with Crippen LogP contribution in [0, 0.1) is 37.3 Å². The number of halogens is 2. The quantitative estimate of drug-likeness (QED) is 0.00921. The summed E-state index contributed by atoms with van der Waals surface area (Å²) in [5.41, 5.74) is 0.612. The number of carbonyl (C=O) groups excluding carboxylic acids is 8. The molecule has 0 aliphatic rings. The van der Waals surface area contributed by atoms with E-state index in [2.05, 4.69) is 21.3 Å². The zero-order valence-electron chi connectivity index (χ0n) is 52.6. The third-order valence-corrected chi connectivity index (χ3v) is 15.5. The van der Waals surface area contributed by atoms with Crippen LogP contribution in [0.15, 0.2) is 106 Å². The van der Waals surface area contributed by atoms with Crippen molar-refractivity contribution < 1.29 is 88.7 Å². The molecule has 0 aliphatic carbocycles. The van der Waals surface area contributed by atoms with Crippen LogP contribution in [-0.4, -0.2) is 97.1 Å². The van der Waals surface area contributed by atoms with Crippen molar-refractivity contribution >= 4 is 56.6 Å². The maximum Gasteiger partial charge on any atom is 0.805 e. The van der Waals surface area contributed by atoms with Crippen LogP contribution in [0.2, 0.25) is 0 Å². The second-order valence-corrected chi connectivity index (χ2v) is 22.0. The Bertz CT molecular complexity index is 3270. The molecule has 2 heterocycles. The van der Waals surface area contributed by atoms with Gasteiger partial charge >= 0.3 is 20.2 Å². The number of hydrogen-bond donors (Lipinski definition) is 4. The van der Waals surface area contributed by atoms with Crippen LogP contribution in [0.1, 0.15) is 159 Å². The number of unbranched alkanes of at least 4 members (excludes halogenated alkanes) is 4. The van der Waals surface area contributed by atoms with E-state index in [-0.39, 0.29) is 109 Å². The van der Waals surface area contributed by atoms with Gasteiger partial charge in [-0.3, -0.25) is 28.8 Å². The number of rotatable bonds is 38. The Balaban J connectivity index is 1.08. The van der Waals surface area contributed by atoms with E-state index in [0.29, 0.717) is 47.9 Å². The number of furan rings is 2. The fourth-order valence-electron chi connectivity index (χ4n) is 10.2. The van der Waals surface area contributed by atoms with Gasteiger partial charge in [0.2, 0.25) is 24.6 Å². The first-order valence-electron chi connectivity index (χ1n) is 30.4. The van der Waals surface area contributed by atoms with Gasteiger partial charge in [-0.25, -0.2) is 27.4 Å². The summed E-state index contributed by atoms with van der Waals surface area (Å²) in [5.74, 6) is -7.42. The number of hydrogen-bond acceptors (Lipinski definition) is 17. The lowest BCUT2D eigenvalue weighted by molar-refractivity contribution is -0.171. The van der Waals surface area contributed by atoms with Crippen molar-refractivity contribution in [1.29, 1.82) is 0 Å².